The zero-order chi connectivity index (χ0) is 13.4. The van der Waals surface area contributed by atoms with Crippen LogP contribution in [0.5, 0.6) is 0 Å². The molecular formula is C14H28N2OS. The lowest BCUT2D eigenvalue weighted by atomic mass is 9.94. The molecule has 106 valence electrons. The van der Waals surface area contributed by atoms with Gasteiger partial charge in [0.15, 0.2) is 0 Å². The van der Waals surface area contributed by atoms with Gasteiger partial charge in [0, 0.05) is 12.6 Å². The number of hydrogen-bond acceptors (Lipinski definition) is 3. The van der Waals surface area contributed by atoms with Crippen LogP contribution in [-0.4, -0.2) is 41.4 Å². The molecule has 0 heterocycles. The maximum absolute atomic E-state index is 12.2. The maximum atomic E-state index is 12.2. The highest BCUT2D eigenvalue weighted by Crippen LogP contribution is 2.23. The summed E-state index contributed by atoms with van der Waals surface area (Å²) in [6.07, 6.45) is 6.30. The molecule has 4 heteroatoms. The second-order valence-electron chi connectivity index (χ2n) is 5.33. The van der Waals surface area contributed by atoms with E-state index in [-0.39, 0.29) is 0 Å². The molecule has 1 rings (SSSR count). The molecule has 18 heavy (non-hydrogen) atoms. The van der Waals surface area contributed by atoms with Crippen LogP contribution in [0.1, 0.15) is 46.0 Å². The summed E-state index contributed by atoms with van der Waals surface area (Å²) >= 11 is 1.73. The van der Waals surface area contributed by atoms with Gasteiger partial charge in [0.25, 0.3) is 0 Å². The fourth-order valence-corrected chi connectivity index (χ4v) is 3.53. The van der Waals surface area contributed by atoms with Crippen LogP contribution in [0.25, 0.3) is 0 Å². The van der Waals surface area contributed by atoms with Gasteiger partial charge in [0.2, 0.25) is 5.91 Å². The third-order valence-corrected chi connectivity index (χ3v) is 4.96. The molecule has 1 fully saturated rings. The molecule has 1 unspecified atom stereocenters. The van der Waals surface area contributed by atoms with Crippen LogP contribution in [0.4, 0.5) is 0 Å². The topological polar surface area (TPSA) is 46.3 Å². The van der Waals surface area contributed by atoms with E-state index in [4.69, 9.17) is 5.73 Å². The minimum absolute atomic E-state index is 0.318. The van der Waals surface area contributed by atoms with Crippen molar-refractivity contribution in [3.05, 3.63) is 0 Å². The highest BCUT2D eigenvalue weighted by atomic mass is 32.2. The lowest BCUT2D eigenvalue weighted by Crippen LogP contribution is -2.42. The van der Waals surface area contributed by atoms with Crippen LogP contribution < -0.4 is 5.73 Å². The monoisotopic (exact) mass is 272 g/mol. The molecule has 0 radical (unpaired) electrons. The summed E-state index contributed by atoms with van der Waals surface area (Å²) in [7, 11) is 0. The first-order chi connectivity index (χ1) is 8.69. The van der Waals surface area contributed by atoms with Crippen molar-refractivity contribution < 1.29 is 4.79 Å². The number of carbonyl (C=O) groups excluding carboxylic acids is 1. The second-order valence-corrected chi connectivity index (χ2v) is 6.36. The molecule has 1 saturated carbocycles. The Hall–Kier alpha value is -0.220. The van der Waals surface area contributed by atoms with Crippen molar-refractivity contribution in [2.75, 3.05) is 24.6 Å². The quantitative estimate of drug-likeness (QED) is 0.774. The molecule has 0 aromatic rings. The van der Waals surface area contributed by atoms with Crippen LogP contribution in [-0.2, 0) is 4.79 Å². The van der Waals surface area contributed by atoms with Gasteiger partial charge in [-0.3, -0.25) is 4.79 Å². The van der Waals surface area contributed by atoms with Gasteiger partial charge in [-0.1, -0.05) is 26.2 Å². The molecular weight excluding hydrogens is 244 g/mol. The van der Waals surface area contributed by atoms with Gasteiger partial charge < -0.3 is 10.6 Å². The summed E-state index contributed by atoms with van der Waals surface area (Å²) in [4.78, 5) is 14.3. The third kappa shape index (κ3) is 5.19. The molecule has 1 aliphatic rings. The van der Waals surface area contributed by atoms with Crippen LogP contribution in [0.3, 0.4) is 0 Å². The fourth-order valence-electron chi connectivity index (χ4n) is 2.53. The van der Waals surface area contributed by atoms with E-state index < -0.39 is 0 Å². The van der Waals surface area contributed by atoms with Crippen molar-refractivity contribution in [2.45, 2.75) is 52.0 Å². The van der Waals surface area contributed by atoms with Gasteiger partial charge >= 0.3 is 0 Å². The van der Waals surface area contributed by atoms with Crippen molar-refractivity contribution in [2.24, 2.45) is 11.7 Å². The molecule has 1 atom stereocenters. The maximum Gasteiger partial charge on any atom is 0.232 e. The Morgan fingerprint density at radius 2 is 2.06 bits per heavy atom. The van der Waals surface area contributed by atoms with Gasteiger partial charge in [-0.15, -0.1) is 0 Å². The predicted molar refractivity (Wildman–Crippen MR) is 79.8 cm³/mol. The smallest absolute Gasteiger partial charge is 0.232 e. The largest absolute Gasteiger partial charge is 0.339 e. The van der Waals surface area contributed by atoms with Gasteiger partial charge in [0.05, 0.1) is 5.75 Å². The van der Waals surface area contributed by atoms with E-state index in [2.05, 4.69) is 18.7 Å². The number of nitrogens with zero attached hydrogens (tertiary/aromatic N) is 1. The van der Waals surface area contributed by atoms with E-state index in [1.54, 1.807) is 11.8 Å². The normalized spacial score (nSPS) is 18.6. The van der Waals surface area contributed by atoms with E-state index in [0.29, 0.717) is 30.2 Å². The van der Waals surface area contributed by atoms with Crippen molar-refractivity contribution in [3.8, 4) is 0 Å². The zero-order valence-corrected chi connectivity index (χ0v) is 12.7. The molecule has 3 nitrogen and oxygen atoms in total. The number of carbonyl (C=O) groups is 1. The molecule has 1 aliphatic carbocycles. The number of thioether (sulfide) groups is 1. The van der Waals surface area contributed by atoms with E-state index >= 15 is 0 Å². The van der Waals surface area contributed by atoms with Crippen LogP contribution in [0, 0.1) is 5.92 Å². The Morgan fingerprint density at radius 3 is 2.61 bits per heavy atom. The summed E-state index contributed by atoms with van der Waals surface area (Å²) in [6, 6.07) is 0.504. The van der Waals surface area contributed by atoms with Crippen molar-refractivity contribution in [1.82, 2.24) is 4.90 Å². The highest BCUT2D eigenvalue weighted by Gasteiger charge is 2.23. The number of hydrogen-bond donors (Lipinski definition) is 1. The summed E-state index contributed by atoms with van der Waals surface area (Å²) in [6.45, 7) is 5.80. The highest BCUT2D eigenvalue weighted by molar-refractivity contribution is 7.99. The standard InChI is InChI=1S/C14H28N2OS/c1-3-16(13-7-5-4-6-8-13)14(17)11-18-10-12(2)9-15/h12-13H,3-11,15H2,1-2H3. The molecule has 1 amide bonds. The van der Waals surface area contributed by atoms with Gasteiger partial charge in [0.1, 0.15) is 0 Å². The lowest BCUT2D eigenvalue weighted by molar-refractivity contribution is -0.131. The van der Waals surface area contributed by atoms with Gasteiger partial charge in [-0.05, 0) is 38.0 Å². The summed E-state index contributed by atoms with van der Waals surface area (Å²) < 4.78 is 0. The molecule has 2 N–H and O–H groups in total. The van der Waals surface area contributed by atoms with E-state index in [0.717, 1.165) is 12.3 Å². The SMILES string of the molecule is CCN(C(=O)CSCC(C)CN)C1CCCCC1. The number of amides is 1. The first-order valence-electron chi connectivity index (χ1n) is 7.26. The van der Waals surface area contributed by atoms with Crippen molar-refractivity contribution >= 4 is 17.7 Å². The second kappa shape index (κ2) is 8.81. The first-order valence-corrected chi connectivity index (χ1v) is 8.41. The Balaban J connectivity index is 2.32. The molecule has 0 aliphatic heterocycles. The first kappa shape index (κ1) is 15.8. The van der Waals surface area contributed by atoms with Crippen LogP contribution in [0.2, 0.25) is 0 Å². The Morgan fingerprint density at radius 1 is 1.39 bits per heavy atom. The average molecular weight is 272 g/mol. The number of rotatable bonds is 7. The molecule has 0 spiro atoms. The van der Waals surface area contributed by atoms with E-state index in [1.165, 1.54) is 32.1 Å². The van der Waals surface area contributed by atoms with E-state index in [1.807, 2.05) is 0 Å². The van der Waals surface area contributed by atoms with Gasteiger partial charge in [-0.2, -0.15) is 11.8 Å². The third-order valence-electron chi connectivity index (χ3n) is 3.71. The Bertz CT molecular complexity index is 242. The Labute approximate surface area is 116 Å². The summed E-state index contributed by atoms with van der Waals surface area (Å²) in [5, 5.41) is 0. The summed E-state index contributed by atoms with van der Waals surface area (Å²) in [5.41, 5.74) is 5.58. The Kier molecular flexibility index (Phi) is 7.75. The van der Waals surface area contributed by atoms with Crippen LogP contribution in [0.15, 0.2) is 0 Å². The molecule has 0 saturated heterocycles. The van der Waals surface area contributed by atoms with Crippen LogP contribution >= 0.6 is 11.8 Å². The van der Waals surface area contributed by atoms with Gasteiger partial charge in [-0.25, -0.2) is 0 Å². The van der Waals surface area contributed by atoms with Crippen molar-refractivity contribution in [1.29, 1.82) is 0 Å². The molecule has 0 bridgehead atoms. The van der Waals surface area contributed by atoms with Crippen molar-refractivity contribution in [3.63, 3.8) is 0 Å². The summed E-state index contributed by atoms with van der Waals surface area (Å²) in [5.74, 6) is 2.44. The fraction of sp³-hybridized carbons (Fsp3) is 0.929. The minimum atomic E-state index is 0.318. The molecule has 0 aromatic heterocycles. The predicted octanol–water partition coefficient (Wildman–Crippen LogP) is 2.50. The average Bonchev–Trinajstić information content (AvgIpc) is 2.40. The van der Waals surface area contributed by atoms with E-state index in [9.17, 15) is 4.79 Å². The number of nitrogens with two attached hydrogens (primary N) is 1. The minimum Gasteiger partial charge on any atom is -0.339 e. The zero-order valence-electron chi connectivity index (χ0n) is 11.9. The lowest BCUT2D eigenvalue weighted by Gasteiger charge is -2.33. The molecule has 0 aromatic carbocycles.